The average Bonchev–Trinajstić information content (AvgIpc) is 1.87. The predicted octanol–water partition coefficient (Wildman–Crippen LogP) is -2.60. The van der Waals surface area contributed by atoms with Gasteiger partial charge in [-0.2, -0.15) is 0 Å². The van der Waals surface area contributed by atoms with E-state index in [1.54, 1.807) is 14.0 Å². The van der Waals surface area contributed by atoms with Gasteiger partial charge in [0.2, 0.25) is 0 Å². The summed E-state index contributed by atoms with van der Waals surface area (Å²) in [6, 6.07) is 0. The topological polar surface area (TPSA) is 38.3 Å². The first-order valence-corrected chi connectivity index (χ1v) is 2.64. The van der Waals surface area contributed by atoms with Crippen LogP contribution in [0.1, 0.15) is 8.35 Å². The Balaban J connectivity index is -0.000000320. The minimum atomic E-state index is -0.332. The van der Waals surface area contributed by atoms with Gasteiger partial charge in [0.15, 0.2) is 0 Å². The molecule has 0 aromatic rings. The zero-order valence-electron chi connectivity index (χ0n) is 7.89. The molecule has 0 aliphatic rings. The predicted molar refractivity (Wildman–Crippen MR) is 35.9 cm³/mol. The van der Waals surface area contributed by atoms with Gasteiger partial charge in [-0.15, -0.1) is 0 Å². The van der Waals surface area contributed by atoms with Gasteiger partial charge >= 0.3 is 35.5 Å². The SMILES string of the molecule is CNC(C)=CC(=O)OC.[H-].[Na+]. The summed E-state index contributed by atoms with van der Waals surface area (Å²) in [7, 11) is 3.09. The van der Waals surface area contributed by atoms with Crippen LogP contribution in [-0.4, -0.2) is 20.1 Å². The Morgan fingerprint density at radius 2 is 2.20 bits per heavy atom. The third-order valence-corrected chi connectivity index (χ3v) is 0.930. The first-order valence-electron chi connectivity index (χ1n) is 2.64. The maximum absolute atomic E-state index is 10.4. The molecule has 0 aliphatic carbocycles. The molecular weight excluding hydrogens is 141 g/mol. The Morgan fingerprint density at radius 1 is 1.70 bits per heavy atom. The molecule has 0 heterocycles. The number of allylic oxidation sites excluding steroid dienone is 1. The van der Waals surface area contributed by atoms with Crippen LogP contribution in [0.5, 0.6) is 0 Å². The fourth-order valence-corrected chi connectivity index (χ4v) is 0.308. The van der Waals surface area contributed by atoms with Crippen molar-refractivity contribution in [2.75, 3.05) is 14.2 Å². The zero-order valence-corrected chi connectivity index (χ0v) is 8.89. The minimum Gasteiger partial charge on any atom is -1.00 e. The Kier molecular flexibility index (Phi) is 9.02. The standard InChI is InChI=1S/C6H11NO2.Na.H/c1-5(7-2)4-6(8)9-3;;/h4,7H,1-3H3;;/q;+1;-1. The van der Waals surface area contributed by atoms with E-state index in [1.165, 1.54) is 13.2 Å². The molecule has 0 spiro atoms. The fraction of sp³-hybridized carbons (Fsp3) is 0.500. The largest absolute Gasteiger partial charge is 1.00 e. The molecule has 0 saturated carbocycles. The fourth-order valence-electron chi connectivity index (χ4n) is 0.308. The van der Waals surface area contributed by atoms with E-state index >= 15 is 0 Å². The van der Waals surface area contributed by atoms with Crippen LogP contribution in [0.3, 0.4) is 0 Å². The second-order valence-electron chi connectivity index (χ2n) is 1.60. The second kappa shape index (κ2) is 7.12. The van der Waals surface area contributed by atoms with E-state index < -0.39 is 0 Å². The quantitative estimate of drug-likeness (QED) is 0.268. The molecule has 0 aromatic carbocycles. The molecule has 0 amide bonds. The summed E-state index contributed by atoms with van der Waals surface area (Å²) in [6.45, 7) is 1.79. The van der Waals surface area contributed by atoms with Gasteiger partial charge in [0.1, 0.15) is 0 Å². The van der Waals surface area contributed by atoms with Crippen molar-refractivity contribution in [2.45, 2.75) is 6.92 Å². The van der Waals surface area contributed by atoms with Crippen molar-refractivity contribution in [3.63, 3.8) is 0 Å². The summed E-state index contributed by atoms with van der Waals surface area (Å²) in [4.78, 5) is 10.4. The van der Waals surface area contributed by atoms with Crippen LogP contribution in [0.25, 0.3) is 0 Å². The van der Waals surface area contributed by atoms with Crippen LogP contribution >= 0.6 is 0 Å². The molecule has 54 valence electrons. The normalized spacial score (nSPS) is 9.70. The van der Waals surface area contributed by atoms with E-state index in [4.69, 9.17) is 0 Å². The summed E-state index contributed by atoms with van der Waals surface area (Å²) in [6.07, 6.45) is 1.39. The van der Waals surface area contributed by atoms with Crippen LogP contribution in [0, 0.1) is 0 Å². The monoisotopic (exact) mass is 153 g/mol. The van der Waals surface area contributed by atoms with Crippen molar-refractivity contribution in [1.82, 2.24) is 5.32 Å². The molecule has 0 aliphatic heterocycles. The summed E-state index contributed by atoms with van der Waals surface area (Å²) in [5, 5.41) is 2.79. The second-order valence-corrected chi connectivity index (χ2v) is 1.60. The summed E-state index contributed by atoms with van der Waals surface area (Å²) in [5.74, 6) is -0.332. The maximum atomic E-state index is 10.4. The molecule has 0 unspecified atom stereocenters. The average molecular weight is 153 g/mol. The van der Waals surface area contributed by atoms with Gasteiger partial charge < -0.3 is 11.5 Å². The third kappa shape index (κ3) is 6.13. The van der Waals surface area contributed by atoms with Crippen molar-refractivity contribution in [1.29, 1.82) is 0 Å². The molecule has 0 radical (unpaired) electrons. The third-order valence-electron chi connectivity index (χ3n) is 0.930. The molecule has 0 atom stereocenters. The smallest absolute Gasteiger partial charge is 1.00 e. The number of esters is 1. The number of carbonyl (C=O) groups is 1. The van der Waals surface area contributed by atoms with Crippen molar-refractivity contribution >= 4 is 5.97 Å². The first kappa shape index (κ1) is 12.7. The Morgan fingerprint density at radius 3 is 2.50 bits per heavy atom. The minimum absolute atomic E-state index is 0. The number of rotatable bonds is 2. The van der Waals surface area contributed by atoms with Gasteiger partial charge in [-0.1, -0.05) is 0 Å². The van der Waals surface area contributed by atoms with Gasteiger partial charge in [-0.3, -0.25) is 0 Å². The van der Waals surface area contributed by atoms with Crippen LogP contribution in [0.2, 0.25) is 0 Å². The van der Waals surface area contributed by atoms with E-state index in [0.717, 1.165) is 5.70 Å². The van der Waals surface area contributed by atoms with E-state index in [-0.39, 0.29) is 37.0 Å². The number of ether oxygens (including phenoxy) is 1. The van der Waals surface area contributed by atoms with Crippen molar-refractivity contribution < 1.29 is 40.5 Å². The number of hydrogen-bond donors (Lipinski definition) is 1. The molecule has 10 heavy (non-hydrogen) atoms. The number of carbonyl (C=O) groups excluding carboxylic acids is 1. The van der Waals surface area contributed by atoms with E-state index in [2.05, 4.69) is 10.1 Å². The molecular formula is C6H12NNaO2. The Labute approximate surface area is 84.6 Å². The van der Waals surface area contributed by atoms with Crippen LogP contribution in [0.4, 0.5) is 0 Å². The van der Waals surface area contributed by atoms with Gasteiger partial charge in [0, 0.05) is 18.8 Å². The van der Waals surface area contributed by atoms with Crippen LogP contribution in [0.15, 0.2) is 11.8 Å². The summed E-state index contributed by atoms with van der Waals surface area (Å²) >= 11 is 0. The van der Waals surface area contributed by atoms with Crippen LogP contribution in [-0.2, 0) is 9.53 Å². The van der Waals surface area contributed by atoms with Gasteiger partial charge in [-0.25, -0.2) is 4.79 Å². The van der Waals surface area contributed by atoms with E-state index in [0.29, 0.717) is 0 Å². The molecule has 0 aromatic heterocycles. The first-order chi connectivity index (χ1) is 4.20. The van der Waals surface area contributed by atoms with Crippen molar-refractivity contribution in [2.24, 2.45) is 0 Å². The molecule has 0 rings (SSSR count). The number of nitrogens with one attached hydrogen (secondary N) is 1. The van der Waals surface area contributed by atoms with Crippen molar-refractivity contribution in [3.8, 4) is 0 Å². The van der Waals surface area contributed by atoms with Crippen LogP contribution < -0.4 is 34.9 Å². The molecule has 3 nitrogen and oxygen atoms in total. The summed E-state index contributed by atoms with van der Waals surface area (Å²) < 4.78 is 4.37. The number of hydrogen-bond acceptors (Lipinski definition) is 3. The number of methoxy groups -OCH3 is 1. The van der Waals surface area contributed by atoms with Gasteiger partial charge in [0.05, 0.1) is 7.11 Å². The molecule has 1 N–H and O–H groups in total. The Bertz CT molecular complexity index is 139. The summed E-state index contributed by atoms with van der Waals surface area (Å²) in [5.41, 5.74) is 0.793. The van der Waals surface area contributed by atoms with Gasteiger partial charge in [0.25, 0.3) is 0 Å². The molecule has 4 heteroatoms. The molecule has 0 saturated heterocycles. The van der Waals surface area contributed by atoms with E-state index in [9.17, 15) is 4.79 Å². The zero-order chi connectivity index (χ0) is 7.28. The van der Waals surface area contributed by atoms with Gasteiger partial charge in [-0.05, 0) is 6.92 Å². The van der Waals surface area contributed by atoms with E-state index in [1.807, 2.05) is 0 Å². The molecule has 0 fully saturated rings. The van der Waals surface area contributed by atoms with Crippen molar-refractivity contribution in [3.05, 3.63) is 11.8 Å². The maximum Gasteiger partial charge on any atom is 1.00 e. The molecule has 0 bridgehead atoms. The Hall–Kier alpha value is 0.0100.